The maximum atomic E-state index is 15.1. The van der Waals surface area contributed by atoms with Gasteiger partial charge in [0.05, 0.1) is 6.42 Å². The molecular formula is C51H70N8O13. The minimum absolute atomic E-state index is 0.0172. The van der Waals surface area contributed by atoms with E-state index < -0.39 is 126 Å². The predicted molar refractivity (Wildman–Crippen MR) is 262 cm³/mol. The number of aromatic hydroxyl groups is 1. The number of fused-ring (bicyclic) bond motifs is 3. The molecule has 2 aliphatic heterocycles. The SMILES string of the molecule is CCCCCC(=O)N[C@@H](CC(=O)O)C(=O)N[C@@H]1C(=O)N[C@@H](Cc2ccc(O)cc2)C(=O)N[C@H]2CC[C@@H](O)N(C2=O)[C@@H](C(C)CC)C(=O)N(C)[C@@H](Cc2c[nH]c3ccccc23)C(=O)NC(C(C)C)C(=O)O[C@@H]1C. The van der Waals surface area contributed by atoms with Crippen LogP contribution >= 0.6 is 0 Å². The number of aliphatic carboxylic acids is 1. The molecule has 0 saturated carbocycles. The lowest BCUT2D eigenvalue weighted by atomic mass is 9.91. The normalized spacial score (nSPS) is 24.7. The number of rotatable bonds is 16. The number of amides is 7. The van der Waals surface area contributed by atoms with Crippen molar-refractivity contribution in [2.75, 3.05) is 7.05 Å². The van der Waals surface area contributed by atoms with Crippen LogP contribution in [0.1, 0.15) is 104 Å². The van der Waals surface area contributed by atoms with Crippen LogP contribution in [0.4, 0.5) is 0 Å². The average molecular weight is 1000 g/mol. The fraction of sp³-hybridized carbons (Fsp3) is 0.549. The summed E-state index contributed by atoms with van der Waals surface area (Å²) in [6.07, 6.45) is -0.525. The molecule has 0 radical (unpaired) electrons. The Morgan fingerprint density at radius 3 is 2.21 bits per heavy atom. The molecule has 9 N–H and O–H groups in total. The zero-order chi connectivity index (χ0) is 53.0. The first-order valence-electron chi connectivity index (χ1n) is 24.7. The summed E-state index contributed by atoms with van der Waals surface area (Å²) in [6.45, 7) is 9.94. The lowest BCUT2D eigenvalue weighted by Gasteiger charge is -2.44. The zero-order valence-electron chi connectivity index (χ0n) is 41.9. The summed E-state index contributed by atoms with van der Waals surface area (Å²) < 4.78 is 5.89. The van der Waals surface area contributed by atoms with Crippen LogP contribution in [0.5, 0.6) is 5.75 Å². The molecule has 2 aromatic carbocycles. The molecule has 21 nitrogen and oxygen atoms in total. The zero-order valence-corrected chi connectivity index (χ0v) is 41.9. The van der Waals surface area contributed by atoms with Crippen molar-refractivity contribution < 1.29 is 63.2 Å². The van der Waals surface area contributed by atoms with Gasteiger partial charge < -0.3 is 61.4 Å². The number of carboxylic acids is 1. The Balaban J connectivity index is 1.63. The summed E-state index contributed by atoms with van der Waals surface area (Å²) in [7, 11) is 1.40. The van der Waals surface area contributed by atoms with Gasteiger partial charge in [-0.15, -0.1) is 0 Å². The standard InChI is InChI=1S/C51H70N8O13/c1-8-10-11-16-39(61)53-37(25-41(63)64)46(66)57-43-29(6)72-51(71)42(27(3)4)56-47(67)38(24-31-26-52-34-15-13-12-14-33(31)34)58(7)50(70)44(28(5)9-2)59-40(62)22-21-35(49(59)69)54-45(65)36(55-48(43)68)23-30-17-19-32(60)20-18-30/h12-15,17-20,26-29,35-38,40,42-44,52,60,62H,8-11,16,21-25H2,1-7H3,(H,53,61)(H,54,65)(H,55,68)(H,56,67)(H,57,66)(H,63,64)/t28?,29-,35+,36+,37+,38+,40-,42?,43+,44+/m1/s1. The third-order valence-corrected chi connectivity index (χ3v) is 13.5. The van der Waals surface area contributed by atoms with Crippen LogP contribution in [-0.4, -0.2) is 145 Å². The number of carboxylic acid groups (broad SMARTS) is 1. The molecule has 72 heavy (non-hydrogen) atoms. The number of carbonyl (C=O) groups is 9. The third kappa shape index (κ3) is 14.1. The van der Waals surface area contributed by atoms with E-state index in [0.717, 1.165) is 22.2 Å². The van der Waals surface area contributed by atoms with Crippen molar-refractivity contribution in [2.24, 2.45) is 11.8 Å². The van der Waals surface area contributed by atoms with Gasteiger partial charge >= 0.3 is 11.9 Å². The van der Waals surface area contributed by atoms with E-state index in [2.05, 4.69) is 31.6 Å². The number of H-pyrrole nitrogens is 1. The number of para-hydroxylation sites is 1. The number of nitrogens with zero attached hydrogens (tertiary/aromatic N) is 2. The molecule has 21 heteroatoms. The van der Waals surface area contributed by atoms with E-state index in [-0.39, 0.29) is 37.9 Å². The van der Waals surface area contributed by atoms with Crippen molar-refractivity contribution in [2.45, 2.75) is 160 Å². The Morgan fingerprint density at radius 1 is 0.861 bits per heavy atom. The molecule has 2 fully saturated rings. The van der Waals surface area contributed by atoms with Crippen molar-refractivity contribution in [3.63, 3.8) is 0 Å². The van der Waals surface area contributed by atoms with E-state index in [0.29, 0.717) is 30.4 Å². The van der Waals surface area contributed by atoms with Gasteiger partial charge in [-0.2, -0.15) is 0 Å². The van der Waals surface area contributed by atoms with Gasteiger partial charge in [0, 0.05) is 43.4 Å². The second kappa shape index (κ2) is 25.4. The number of nitrogens with one attached hydrogen (secondary N) is 6. The van der Waals surface area contributed by atoms with Crippen LogP contribution in [0.2, 0.25) is 0 Å². The molecule has 0 aliphatic carbocycles. The highest BCUT2D eigenvalue weighted by Gasteiger charge is 2.47. The third-order valence-electron chi connectivity index (χ3n) is 13.5. The van der Waals surface area contributed by atoms with Gasteiger partial charge in [0.2, 0.25) is 41.4 Å². The van der Waals surface area contributed by atoms with Crippen molar-refractivity contribution >= 4 is 64.2 Å². The van der Waals surface area contributed by atoms with Gasteiger partial charge in [-0.1, -0.05) is 84.2 Å². The lowest BCUT2D eigenvalue weighted by Crippen LogP contribution is -2.66. The number of likely N-dealkylation sites (N-methyl/N-ethyl adjacent to an activating group) is 1. The average Bonchev–Trinajstić information content (AvgIpc) is 3.75. The molecule has 2 unspecified atom stereocenters. The number of piperidine rings is 1. The van der Waals surface area contributed by atoms with Crippen LogP contribution in [0.3, 0.4) is 0 Å². The number of aliphatic hydroxyl groups excluding tert-OH is 1. The van der Waals surface area contributed by atoms with E-state index in [9.17, 15) is 53.7 Å². The van der Waals surface area contributed by atoms with Gasteiger partial charge in [0.25, 0.3) is 0 Å². The van der Waals surface area contributed by atoms with Crippen molar-refractivity contribution in [3.8, 4) is 5.75 Å². The molecule has 1 aromatic heterocycles. The van der Waals surface area contributed by atoms with Crippen molar-refractivity contribution in [1.29, 1.82) is 0 Å². The van der Waals surface area contributed by atoms with Crippen LogP contribution in [0.25, 0.3) is 10.9 Å². The smallest absolute Gasteiger partial charge is 0.329 e. The number of unbranched alkanes of at least 4 members (excludes halogenated alkanes) is 2. The lowest BCUT2D eigenvalue weighted by molar-refractivity contribution is -0.168. The van der Waals surface area contributed by atoms with Crippen molar-refractivity contribution in [3.05, 3.63) is 65.9 Å². The summed E-state index contributed by atoms with van der Waals surface area (Å²) in [5.74, 6) is -9.97. The highest BCUT2D eigenvalue weighted by atomic mass is 16.5. The molecule has 3 aromatic rings. The van der Waals surface area contributed by atoms with Crippen LogP contribution in [0.15, 0.2) is 54.7 Å². The fourth-order valence-electron chi connectivity index (χ4n) is 9.02. The van der Waals surface area contributed by atoms with Crippen molar-refractivity contribution in [1.82, 2.24) is 41.4 Å². The van der Waals surface area contributed by atoms with Gasteiger partial charge in [-0.05, 0) is 67.3 Å². The number of phenolic OH excluding ortho intramolecular Hbond substituents is 1. The number of hydrogen-bond acceptors (Lipinski definition) is 12. The molecule has 392 valence electrons. The second-order valence-electron chi connectivity index (χ2n) is 19.2. The molecule has 2 saturated heterocycles. The number of phenols is 1. The maximum Gasteiger partial charge on any atom is 0.329 e. The van der Waals surface area contributed by atoms with Crippen LogP contribution < -0.4 is 26.6 Å². The number of ether oxygens (including phenoxy) is 1. The Hall–Kier alpha value is -7.03. The van der Waals surface area contributed by atoms with E-state index in [1.165, 1.54) is 43.1 Å². The van der Waals surface area contributed by atoms with E-state index in [4.69, 9.17) is 4.74 Å². The van der Waals surface area contributed by atoms with Crippen LogP contribution in [-0.2, 0) is 60.7 Å². The first-order valence-corrected chi connectivity index (χ1v) is 24.7. The first-order chi connectivity index (χ1) is 34.1. The minimum Gasteiger partial charge on any atom is -0.508 e. The number of hydrogen-bond donors (Lipinski definition) is 9. The fourth-order valence-corrected chi connectivity index (χ4v) is 9.02. The molecule has 5 rings (SSSR count). The van der Waals surface area contributed by atoms with Gasteiger partial charge in [-0.25, -0.2) is 4.79 Å². The molecular weight excluding hydrogens is 933 g/mol. The number of esters is 1. The van der Waals surface area contributed by atoms with Crippen LogP contribution in [0, 0.1) is 11.8 Å². The minimum atomic E-state index is -1.88. The monoisotopic (exact) mass is 1000 g/mol. The molecule has 3 heterocycles. The highest BCUT2D eigenvalue weighted by molar-refractivity contribution is 5.99. The molecule has 2 bridgehead atoms. The maximum absolute atomic E-state index is 15.1. The molecule has 2 aliphatic rings. The Labute approximate surface area is 418 Å². The number of cyclic esters (lactones) is 1. The van der Waals surface area contributed by atoms with Gasteiger partial charge in [0.1, 0.15) is 60.4 Å². The first kappa shape index (κ1) is 55.9. The van der Waals surface area contributed by atoms with Gasteiger partial charge in [-0.3, -0.25) is 38.4 Å². The topological polar surface area (TPSA) is 306 Å². The number of aromatic amines is 1. The summed E-state index contributed by atoms with van der Waals surface area (Å²) >= 11 is 0. The van der Waals surface area contributed by atoms with E-state index in [1.54, 1.807) is 33.9 Å². The number of aliphatic hydroxyl groups is 1. The summed E-state index contributed by atoms with van der Waals surface area (Å²) in [4.78, 5) is 133. The second-order valence-corrected chi connectivity index (χ2v) is 19.2. The quantitative estimate of drug-likeness (QED) is 0.0733. The predicted octanol–water partition coefficient (Wildman–Crippen LogP) is 1.92. The molecule has 0 spiro atoms. The van der Waals surface area contributed by atoms with E-state index in [1.807, 2.05) is 31.2 Å². The number of benzene rings is 2. The Bertz CT molecular complexity index is 2440. The molecule has 10 atom stereocenters. The molecule has 7 amide bonds. The summed E-state index contributed by atoms with van der Waals surface area (Å²) in [6, 6.07) is 2.40. The van der Waals surface area contributed by atoms with E-state index >= 15 is 4.79 Å². The Kier molecular flexibility index (Phi) is 19.7. The van der Waals surface area contributed by atoms with Gasteiger partial charge in [0.15, 0.2) is 0 Å². The highest BCUT2D eigenvalue weighted by Crippen LogP contribution is 2.29. The Morgan fingerprint density at radius 2 is 1.56 bits per heavy atom. The number of carbonyl (C=O) groups excluding carboxylic acids is 8. The summed E-state index contributed by atoms with van der Waals surface area (Å²) in [5.41, 5.74) is 1.82. The number of aromatic nitrogens is 1. The largest absolute Gasteiger partial charge is 0.508 e. The summed E-state index contributed by atoms with van der Waals surface area (Å²) in [5, 5.41) is 45.0.